The van der Waals surface area contributed by atoms with Gasteiger partial charge in [0.15, 0.2) is 0 Å². The average molecular weight is 426 g/mol. The van der Waals surface area contributed by atoms with E-state index in [-0.39, 0.29) is 24.8 Å². The van der Waals surface area contributed by atoms with Gasteiger partial charge in [-0.3, -0.25) is 0 Å². The first-order valence-electron chi connectivity index (χ1n) is 9.76. The van der Waals surface area contributed by atoms with Crippen molar-refractivity contribution in [1.82, 2.24) is 5.32 Å². The normalized spacial score (nSPS) is 18.7. The van der Waals surface area contributed by atoms with E-state index in [1.54, 1.807) is 0 Å². The van der Waals surface area contributed by atoms with E-state index in [1.165, 1.54) is 17.7 Å². The van der Waals surface area contributed by atoms with Gasteiger partial charge in [0.05, 0.1) is 26.4 Å². The molecule has 29 heavy (non-hydrogen) atoms. The number of rotatable bonds is 10. The van der Waals surface area contributed by atoms with Gasteiger partial charge in [-0.05, 0) is 60.8 Å². The third-order valence-corrected chi connectivity index (χ3v) is 4.93. The van der Waals surface area contributed by atoms with E-state index in [0.29, 0.717) is 38.3 Å². The van der Waals surface area contributed by atoms with Crippen molar-refractivity contribution in [2.45, 2.75) is 12.3 Å². The highest BCUT2D eigenvalue weighted by Crippen LogP contribution is 2.31. The van der Waals surface area contributed by atoms with Crippen molar-refractivity contribution in [2.24, 2.45) is 5.92 Å². The van der Waals surface area contributed by atoms with E-state index < -0.39 is 0 Å². The van der Waals surface area contributed by atoms with E-state index in [4.69, 9.17) is 19.3 Å². The van der Waals surface area contributed by atoms with Gasteiger partial charge in [0.2, 0.25) is 0 Å². The largest absolute Gasteiger partial charge is 0.493 e. The van der Waals surface area contributed by atoms with Crippen LogP contribution in [-0.4, -0.2) is 51.2 Å². The molecule has 0 amide bonds. The van der Waals surface area contributed by atoms with E-state index in [9.17, 15) is 4.39 Å². The standard InChI is InChI=1S/C22H28FNO4.ClH/c23-19-3-1-17(2-4-19)22-9-10-24-15-18(22)16-28-21-7-5-20(6-8-21)27-14-13-26-12-11-25;/h1-8,18,22,24-25H,9-16H2;1H/t18-,22-;/m0./s1. The van der Waals surface area contributed by atoms with Gasteiger partial charge < -0.3 is 24.6 Å². The zero-order valence-electron chi connectivity index (χ0n) is 16.4. The predicted molar refractivity (Wildman–Crippen MR) is 113 cm³/mol. The number of piperidine rings is 1. The summed E-state index contributed by atoms with van der Waals surface area (Å²) < 4.78 is 30.0. The van der Waals surface area contributed by atoms with Crippen LogP contribution in [0.5, 0.6) is 11.5 Å². The molecule has 0 aromatic heterocycles. The maximum absolute atomic E-state index is 13.2. The average Bonchev–Trinajstić information content (AvgIpc) is 2.74. The zero-order valence-corrected chi connectivity index (χ0v) is 17.2. The van der Waals surface area contributed by atoms with Crippen LogP contribution >= 0.6 is 12.4 Å². The summed E-state index contributed by atoms with van der Waals surface area (Å²) in [5, 5.41) is 12.1. The van der Waals surface area contributed by atoms with Gasteiger partial charge in [0.1, 0.15) is 23.9 Å². The Labute approximate surface area is 177 Å². The summed E-state index contributed by atoms with van der Waals surface area (Å²) in [4.78, 5) is 0. The van der Waals surface area contributed by atoms with Crippen LogP contribution in [0.2, 0.25) is 0 Å². The number of hydrogen-bond acceptors (Lipinski definition) is 5. The van der Waals surface area contributed by atoms with Gasteiger partial charge in [-0.2, -0.15) is 0 Å². The summed E-state index contributed by atoms with van der Waals surface area (Å²) in [6.07, 6.45) is 1.02. The van der Waals surface area contributed by atoms with Crippen molar-refractivity contribution in [1.29, 1.82) is 0 Å². The second kappa shape index (κ2) is 12.6. The smallest absolute Gasteiger partial charge is 0.123 e. The topological polar surface area (TPSA) is 60.0 Å². The Morgan fingerprint density at radius 1 is 0.931 bits per heavy atom. The van der Waals surface area contributed by atoms with Crippen LogP contribution in [0.1, 0.15) is 17.9 Å². The van der Waals surface area contributed by atoms with Crippen molar-refractivity contribution in [3.05, 3.63) is 59.9 Å². The molecule has 1 fully saturated rings. The van der Waals surface area contributed by atoms with Crippen LogP contribution in [0.15, 0.2) is 48.5 Å². The zero-order chi connectivity index (χ0) is 19.6. The van der Waals surface area contributed by atoms with E-state index in [2.05, 4.69) is 5.32 Å². The molecule has 2 aromatic carbocycles. The lowest BCUT2D eigenvalue weighted by atomic mass is 9.81. The third-order valence-electron chi connectivity index (χ3n) is 4.93. The molecular formula is C22H29ClFNO4. The first kappa shape index (κ1) is 23.4. The van der Waals surface area contributed by atoms with Crippen molar-refractivity contribution in [2.75, 3.05) is 46.1 Å². The quantitative estimate of drug-likeness (QED) is 0.571. The predicted octanol–water partition coefficient (Wildman–Crippen LogP) is 3.41. The highest BCUT2D eigenvalue weighted by atomic mass is 35.5. The third kappa shape index (κ3) is 7.48. The maximum Gasteiger partial charge on any atom is 0.123 e. The van der Waals surface area contributed by atoms with Crippen LogP contribution in [0.25, 0.3) is 0 Å². The molecule has 1 saturated heterocycles. The van der Waals surface area contributed by atoms with Crippen LogP contribution < -0.4 is 14.8 Å². The van der Waals surface area contributed by atoms with E-state index in [1.807, 2.05) is 36.4 Å². The molecule has 5 nitrogen and oxygen atoms in total. The van der Waals surface area contributed by atoms with Crippen LogP contribution in [0.3, 0.4) is 0 Å². The number of aliphatic hydroxyl groups is 1. The summed E-state index contributed by atoms with van der Waals surface area (Å²) in [6.45, 7) is 3.68. The molecule has 0 aliphatic carbocycles. The van der Waals surface area contributed by atoms with E-state index in [0.717, 1.165) is 31.0 Å². The number of halogens is 2. The molecule has 0 saturated carbocycles. The summed E-state index contributed by atoms with van der Waals surface area (Å²) in [5.41, 5.74) is 1.17. The summed E-state index contributed by atoms with van der Waals surface area (Å²) in [5.74, 6) is 2.05. The minimum atomic E-state index is -0.201. The highest BCUT2D eigenvalue weighted by Gasteiger charge is 2.27. The Morgan fingerprint density at radius 2 is 1.62 bits per heavy atom. The van der Waals surface area contributed by atoms with Gasteiger partial charge in [0, 0.05) is 12.5 Å². The Bertz CT molecular complexity index is 699. The summed E-state index contributed by atoms with van der Waals surface area (Å²) in [7, 11) is 0. The Balaban J connectivity index is 0.00000300. The molecule has 7 heteroatoms. The van der Waals surface area contributed by atoms with Crippen molar-refractivity contribution >= 4 is 12.4 Å². The van der Waals surface area contributed by atoms with Gasteiger partial charge in [-0.15, -0.1) is 12.4 Å². The highest BCUT2D eigenvalue weighted by molar-refractivity contribution is 5.85. The van der Waals surface area contributed by atoms with Crippen LogP contribution in [-0.2, 0) is 4.74 Å². The molecule has 1 aliphatic heterocycles. The lowest BCUT2D eigenvalue weighted by Crippen LogP contribution is -2.38. The fourth-order valence-electron chi connectivity index (χ4n) is 3.47. The van der Waals surface area contributed by atoms with Crippen molar-refractivity contribution in [3.8, 4) is 11.5 Å². The minimum absolute atomic E-state index is 0. The van der Waals surface area contributed by atoms with E-state index >= 15 is 0 Å². The van der Waals surface area contributed by atoms with Crippen molar-refractivity contribution < 1.29 is 23.7 Å². The molecule has 0 unspecified atom stereocenters. The molecule has 1 aliphatic rings. The summed E-state index contributed by atoms with van der Waals surface area (Å²) in [6, 6.07) is 14.4. The number of nitrogens with one attached hydrogen (secondary N) is 1. The molecule has 0 radical (unpaired) electrons. The molecule has 2 aromatic rings. The maximum atomic E-state index is 13.2. The Morgan fingerprint density at radius 3 is 2.31 bits per heavy atom. The molecule has 1 heterocycles. The van der Waals surface area contributed by atoms with Crippen molar-refractivity contribution in [3.63, 3.8) is 0 Å². The first-order chi connectivity index (χ1) is 13.8. The fourth-order valence-corrected chi connectivity index (χ4v) is 3.47. The number of aliphatic hydroxyl groups excluding tert-OH is 1. The molecule has 0 bridgehead atoms. The number of ether oxygens (including phenoxy) is 3. The van der Waals surface area contributed by atoms with Crippen LogP contribution in [0, 0.1) is 11.7 Å². The number of benzene rings is 2. The monoisotopic (exact) mass is 425 g/mol. The molecule has 2 atom stereocenters. The first-order valence-corrected chi connectivity index (χ1v) is 9.76. The lowest BCUT2D eigenvalue weighted by molar-refractivity contribution is 0.0705. The minimum Gasteiger partial charge on any atom is -0.493 e. The number of hydrogen-bond donors (Lipinski definition) is 2. The van der Waals surface area contributed by atoms with Gasteiger partial charge in [-0.1, -0.05) is 12.1 Å². The Hall–Kier alpha value is -1.86. The second-order valence-electron chi connectivity index (χ2n) is 6.88. The molecule has 2 N–H and O–H groups in total. The SMILES string of the molecule is Cl.OCCOCCOc1ccc(OC[C@@H]2CNCC[C@H]2c2ccc(F)cc2)cc1. The molecule has 0 spiro atoms. The van der Waals surface area contributed by atoms with Gasteiger partial charge in [0.25, 0.3) is 0 Å². The van der Waals surface area contributed by atoms with Crippen LogP contribution in [0.4, 0.5) is 4.39 Å². The van der Waals surface area contributed by atoms with Gasteiger partial charge in [-0.25, -0.2) is 4.39 Å². The lowest BCUT2D eigenvalue weighted by Gasteiger charge is -2.32. The summed E-state index contributed by atoms with van der Waals surface area (Å²) >= 11 is 0. The van der Waals surface area contributed by atoms with Gasteiger partial charge >= 0.3 is 0 Å². The molecule has 3 rings (SSSR count). The second-order valence-corrected chi connectivity index (χ2v) is 6.88. The Kier molecular flexibility index (Phi) is 10.2. The molecule has 160 valence electrons. The fraction of sp³-hybridized carbons (Fsp3) is 0.455. The molecular weight excluding hydrogens is 397 g/mol.